The van der Waals surface area contributed by atoms with Crippen LogP contribution in [0, 0.1) is 17.2 Å². The Morgan fingerprint density at radius 1 is 1.39 bits per heavy atom. The van der Waals surface area contributed by atoms with Crippen LogP contribution in [0.25, 0.3) is 0 Å². The van der Waals surface area contributed by atoms with Crippen molar-refractivity contribution in [1.29, 1.82) is 0 Å². The predicted molar refractivity (Wildman–Crippen MR) is 88.9 cm³/mol. The molecule has 0 aromatic heterocycles. The predicted octanol–water partition coefficient (Wildman–Crippen LogP) is 3.16. The van der Waals surface area contributed by atoms with Crippen molar-refractivity contribution < 1.29 is 15.4 Å². The molecule has 2 aliphatic rings. The summed E-state index contributed by atoms with van der Waals surface area (Å²) in [5, 5.41) is 34.8. The van der Waals surface area contributed by atoms with E-state index in [4.69, 9.17) is 16.8 Å². The molecule has 5 heteroatoms. The highest BCUT2D eigenvalue weighted by atomic mass is 35.5. The summed E-state index contributed by atoms with van der Waals surface area (Å²) in [6.45, 7) is 0. The van der Waals surface area contributed by atoms with Gasteiger partial charge in [-0.2, -0.15) is 0 Å². The molecular formula is C18H20ClNO3. The van der Waals surface area contributed by atoms with E-state index in [9.17, 15) is 10.2 Å². The van der Waals surface area contributed by atoms with Crippen LogP contribution in [0.3, 0.4) is 0 Å². The highest BCUT2D eigenvalue weighted by Gasteiger charge is 2.50. The first-order chi connectivity index (χ1) is 11.0. The van der Waals surface area contributed by atoms with Crippen molar-refractivity contribution in [2.24, 2.45) is 11.1 Å². The van der Waals surface area contributed by atoms with Gasteiger partial charge in [0.15, 0.2) is 0 Å². The Hall–Kier alpha value is -1.70. The van der Waals surface area contributed by atoms with Gasteiger partial charge in [-0.25, -0.2) is 0 Å². The molecule has 3 atom stereocenters. The molecular weight excluding hydrogens is 314 g/mol. The molecule has 1 aromatic rings. The van der Waals surface area contributed by atoms with Crippen LogP contribution in [0.1, 0.15) is 43.2 Å². The van der Waals surface area contributed by atoms with E-state index in [-0.39, 0.29) is 17.1 Å². The van der Waals surface area contributed by atoms with E-state index in [0.717, 1.165) is 24.8 Å². The molecule has 1 saturated carbocycles. The number of phenols is 1. The van der Waals surface area contributed by atoms with Crippen molar-refractivity contribution in [3.63, 3.8) is 0 Å². The van der Waals surface area contributed by atoms with Gasteiger partial charge in [0, 0.05) is 17.0 Å². The Kier molecular flexibility index (Phi) is 4.27. The fourth-order valence-electron chi connectivity index (χ4n) is 4.46. The van der Waals surface area contributed by atoms with Crippen molar-refractivity contribution in [3.05, 3.63) is 29.3 Å². The topological polar surface area (TPSA) is 73.1 Å². The number of hydrogen-bond acceptors (Lipinski definition) is 4. The lowest BCUT2D eigenvalue weighted by Crippen LogP contribution is -2.49. The number of rotatable bonds is 2. The smallest absolute Gasteiger partial charge is 0.127 e. The zero-order chi connectivity index (χ0) is 16.5. The minimum Gasteiger partial charge on any atom is -0.508 e. The third-order valence-corrected chi connectivity index (χ3v) is 5.65. The molecule has 0 aliphatic heterocycles. The van der Waals surface area contributed by atoms with Crippen LogP contribution in [0.5, 0.6) is 5.75 Å². The monoisotopic (exact) mass is 333 g/mol. The van der Waals surface area contributed by atoms with Gasteiger partial charge >= 0.3 is 0 Å². The number of oxime groups is 1. The van der Waals surface area contributed by atoms with E-state index in [0.29, 0.717) is 19.3 Å². The maximum Gasteiger partial charge on any atom is 0.127 e. The Morgan fingerprint density at radius 3 is 2.96 bits per heavy atom. The molecule has 122 valence electrons. The number of nitrogens with zero attached hydrogens (tertiary/aromatic N) is 1. The Labute approximate surface area is 140 Å². The summed E-state index contributed by atoms with van der Waals surface area (Å²) in [5.41, 5.74) is 1.10. The number of benzene rings is 1. The molecule has 3 rings (SSSR count). The van der Waals surface area contributed by atoms with Gasteiger partial charge in [0.2, 0.25) is 0 Å². The van der Waals surface area contributed by atoms with E-state index in [2.05, 4.69) is 16.5 Å². The lowest BCUT2D eigenvalue weighted by Gasteiger charge is -2.51. The molecule has 0 bridgehead atoms. The van der Waals surface area contributed by atoms with Crippen LogP contribution in [-0.2, 0) is 11.8 Å². The number of aryl methyl sites for hydroxylation is 1. The third-order valence-electron chi connectivity index (χ3n) is 5.55. The number of hydrogen-bond donors (Lipinski definition) is 3. The lowest BCUT2D eigenvalue weighted by atomic mass is 9.53. The van der Waals surface area contributed by atoms with Gasteiger partial charge in [-0.3, -0.25) is 0 Å². The summed E-state index contributed by atoms with van der Waals surface area (Å²) < 4.78 is 0. The first kappa shape index (κ1) is 16.2. The van der Waals surface area contributed by atoms with Gasteiger partial charge in [0.05, 0.1) is 0 Å². The second-order valence-corrected chi connectivity index (χ2v) is 6.88. The lowest BCUT2D eigenvalue weighted by molar-refractivity contribution is -0.00570. The first-order valence-corrected chi connectivity index (χ1v) is 8.24. The van der Waals surface area contributed by atoms with Gasteiger partial charge in [0.25, 0.3) is 0 Å². The van der Waals surface area contributed by atoms with Gasteiger partial charge < -0.3 is 15.4 Å². The van der Waals surface area contributed by atoms with Crippen LogP contribution in [-0.4, -0.2) is 27.2 Å². The molecule has 0 unspecified atom stereocenters. The highest BCUT2D eigenvalue weighted by Crippen LogP contribution is 2.54. The molecule has 3 N–H and O–H groups in total. The standard InChI is InChI=1S/C18H20ClNO3/c19-9-7-17(22)5-6-18(8-10-20-23)14(12-17)2-1-13-11-15(21)3-4-16(13)18/h3-4,10-11,14,21-23H,1-2,5-6,8,12H2/t14-,17+,18+/m1/s1. The Bertz CT molecular complexity index is 693. The first-order valence-electron chi connectivity index (χ1n) is 7.86. The minimum absolute atomic E-state index is 0.187. The average molecular weight is 334 g/mol. The maximum absolute atomic E-state index is 10.7. The Balaban J connectivity index is 2.04. The van der Waals surface area contributed by atoms with Crippen molar-refractivity contribution in [2.45, 2.75) is 49.5 Å². The average Bonchev–Trinajstić information content (AvgIpc) is 2.53. The molecule has 23 heavy (non-hydrogen) atoms. The zero-order valence-corrected chi connectivity index (χ0v) is 13.6. The van der Waals surface area contributed by atoms with E-state index >= 15 is 0 Å². The fourth-order valence-corrected chi connectivity index (χ4v) is 4.63. The largest absolute Gasteiger partial charge is 0.508 e. The summed E-state index contributed by atoms with van der Waals surface area (Å²) in [5.74, 6) is 3.25. The highest BCUT2D eigenvalue weighted by molar-refractivity contribution is 6.30. The third kappa shape index (κ3) is 2.80. The maximum atomic E-state index is 10.7. The van der Waals surface area contributed by atoms with Crippen LogP contribution >= 0.6 is 11.6 Å². The van der Waals surface area contributed by atoms with E-state index in [1.807, 2.05) is 12.1 Å². The van der Waals surface area contributed by atoms with Gasteiger partial charge in [-0.05, 0) is 79.3 Å². The molecule has 1 fully saturated rings. The van der Waals surface area contributed by atoms with Crippen molar-refractivity contribution in [1.82, 2.24) is 0 Å². The van der Waals surface area contributed by atoms with Gasteiger partial charge in [0.1, 0.15) is 11.4 Å². The van der Waals surface area contributed by atoms with Crippen molar-refractivity contribution in [2.75, 3.05) is 0 Å². The number of halogens is 1. The number of fused-ring (bicyclic) bond motifs is 3. The summed E-state index contributed by atoms with van der Waals surface area (Å²) >= 11 is 5.51. The summed E-state index contributed by atoms with van der Waals surface area (Å²) in [6, 6.07) is 5.50. The molecule has 0 heterocycles. The van der Waals surface area contributed by atoms with Crippen LogP contribution < -0.4 is 0 Å². The molecule has 4 nitrogen and oxygen atoms in total. The SMILES string of the molecule is ON=CC[C@@]12CC[C@](O)(C#CCl)C[C@H]1CCc1cc(O)ccc12. The number of aliphatic hydroxyl groups is 1. The van der Waals surface area contributed by atoms with Crippen LogP contribution in [0.2, 0.25) is 0 Å². The second kappa shape index (κ2) is 6.07. The van der Waals surface area contributed by atoms with E-state index in [1.54, 1.807) is 6.07 Å². The summed E-state index contributed by atoms with van der Waals surface area (Å²) in [4.78, 5) is 0. The van der Waals surface area contributed by atoms with Gasteiger partial charge in [-0.15, -0.1) is 5.16 Å². The normalized spacial score (nSPS) is 32.7. The zero-order valence-electron chi connectivity index (χ0n) is 12.8. The van der Waals surface area contributed by atoms with Crippen LogP contribution in [0.15, 0.2) is 23.4 Å². The molecule has 0 saturated heterocycles. The summed E-state index contributed by atoms with van der Waals surface area (Å²) in [7, 11) is 0. The molecule has 1 aromatic carbocycles. The van der Waals surface area contributed by atoms with Crippen molar-refractivity contribution in [3.8, 4) is 17.0 Å². The molecule has 2 aliphatic carbocycles. The quantitative estimate of drug-likeness (QED) is 0.337. The summed E-state index contributed by atoms with van der Waals surface area (Å²) in [6.07, 6.45) is 5.74. The van der Waals surface area contributed by atoms with Crippen molar-refractivity contribution >= 4 is 17.8 Å². The fraction of sp³-hybridized carbons (Fsp3) is 0.500. The number of aromatic hydroxyl groups is 1. The Morgan fingerprint density at radius 2 is 2.22 bits per heavy atom. The minimum atomic E-state index is -1.04. The van der Waals surface area contributed by atoms with Crippen LogP contribution in [0.4, 0.5) is 0 Å². The van der Waals surface area contributed by atoms with E-state index < -0.39 is 5.60 Å². The van der Waals surface area contributed by atoms with Gasteiger partial charge in [-0.1, -0.05) is 12.0 Å². The molecule has 0 amide bonds. The molecule has 0 radical (unpaired) electrons. The van der Waals surface area contributed by atoms with E-state index in [1.165, 1.54) is 11.8 Å². The second-order valence-electron chi connectivity index (χ2n) is 6.69. The number of phenolic OH excluding ortho intramolecular Hbond substituents is 1. The molecule has 0 spiro atoms.